The lowest BCUT2D eigenvalue weighted by Crippen LogP contribution is -2.15. The van der Waals surface area contributed by atoms with E-state index in [1.54, 1.807) is 12.5 Å². The molecule has 0 spiro atoms. The number of aromatic nitrogens is 3. The van der Waals surface area contributed by atoms with Gasteiger partial charge in [-0.1, -0.05) is 6.07 Å². The molecule has 0 saturated heterocycles. The van der Waals surface area contributed by atoms with E-state index in [4.69, 9.17) is 0 Å². The van der Waals surface area contributed by atoms with Gasteiger partial charge in [0.25, 0.3) is 0 Å². The van der Waals surface area contributed by atoms with E-state index in [1.165, 1.54) is 18.4 Å². The van der Waals surface area contributed by atoms with Crippen LogP contribution < -0.4 is 5.32 Å². The molecule has 2 aromatic heterocycles. The molecule has 1 aliphatic rings. The van der Waals surface area contributed by atoms with Gasteiger partial charge in [-0.2, -0.15) is 0 Å². The first-order chi connectivity index (χ1) is 7.92. The summed E-state index contributed by atoms with van der Waals surface area (Å²) in [6.07, 6.45) is 9.96. The lowest BCUT2D eigenvalue weighted by Gasteiger charge is -2.04. The Morgan fingerprint density at radius 1 is 1.38 bits per heavy atom. The lowest BCUT2D eigenvalue weighted by molar-refractivity contribution is 0.685. The third-order valence-corrected chi connectivity index (χ3v) is 2.75. The molecule has 1 N–H and O–H groups in total. The summed E-state index contributed by atoms with van der Waals surface area (Å²) < 4.78 is 1.90. The van der Waals surface area contributed by atoms with Crippen molar-refractivity contribution in [3.05, 3.63) is 42.6 Å². The Balaban J connectivity index is 1.69. The van der Waals surface area contributed by atoms with Gasteiger partial charge in [-0.05, 0) is 24.5 Å². The molecule has 1 saturated carbocycles. The molecular weight excluding hydrogens is 200 g/mol. The monoisotopic (exact) mass is 214 g/mol. The van der Waals surface area contributed by atoms with Crippen molar-refractivity contribution in [1.29, 1.82) is 0 Å². The maximum atomic E-state index is 4.40. The summed E-state index contributed by atoms with van der Waals surface area (Å²) in [4.78, 5) is 8.40. The van der Waals surface area contributed by atoms with Crippen molar-refractivity contribution in [2.75, 3.05) is 0 Å². The van der Waals surface area contributed by atoms with E-state index in [1.807, 2.05) is 23.0 Å². The molecule has 1 fully saturated rings. The fraction of sp³-hybridized carbons (Fsp3) is 0.333. The highest BCUT2D eigenvalue weighted by Gasteiger charge is 2.19. The average molecular weight is 214 g/mol. The fourth-order valence-corrected chi connectivity index (χ4v) is 1.62. The zero-order valence-corrected chi connectivity index (χ0v) is 9.00. The molecule has 0 unspecified atom stereocenters. The lowest BCUT2D eigenvalue weighted by atomic mass is 10.3. The van der Waals surface area contributed by atoms with Crippen LogP contribution in [0, 0.1) is 0 Å². The molecule has 0 amide bonds. The van der Waals surface area contributed by atoms with Crippen LogP contribution in [0.3, 0.4) is 0 Å². The van der Waals surface area contributed by atoms with Gasteiger partial charge < -0.3 is 5.32 Å². The topological polar surface area (TPSA) is 42.7 Å². The second kappa shape index (κ2) is 4.06. The van der Waals surface area contributed by atoms with Crippen molar-refractivity contribution in [3.63, 3.8) is 0 Å². The summed E-state index contributed by atoms with van der Waals surface area (Å²) in [5.74, 6) is 0.910. The molecule has 2 heterocycles. The van der Waals surface area contributed by atoms with Crippen LogP contribution in [0.15, 0.2) is 37.1 Å². The van der Waals surface area contributed by atoms with Crippen molar-refractivity contribution in [2.45, 2.75) is 25.4 Å². The zero-order chi connectivity index (χ0) is 10.8. The second-order valence-electron chi connectivity index (χ2n) is 4.15. The predicted octanol–water partition coefficient (Wildman–Crippen LogP) is 1.52. The van der Waals surface area contributed by atoms with Crippen LogP contribution in [0.25, 0.3) is 5.82 Å². The van der Waals surface area contributed by atoms with Gasteiger partial charge in [0.1, 0.15) is 12.1 Å². The van der Waals surface area contributed by atoms with Crippen molar-refractivity contribution in [2.24, 2.45) is 0 Å². The van der Waals surface area contributed by atoms with Crippen LogP contribution in [0.5, 0.6) is 0 Å². The summed E-state index contributed by atoms with van der Waals surface area (Å²) in [6.45, 7) is 0.919. The minimum Gasteiger partial charge on any atom is -0.310 e. The van der Waals surface area contributed by atoms with E-state index in [0.29, 0.717) is 0 Å². The molecule has 4 heteroatoms. The standard InChI is InChI=1S/C12H14N4/c1-4-12(16-6-5-13-9-16)15-8-10(1)7-14-11-2-3-11/h1,4-6,8-9,11,14H,2-3,7H2. The largest absolute Gasteiger partial charge is 0.310 e. The van der Waals surface area contributed by atoms with Crippen molar-refractivity contribution in [1.82, 2.24) is 19.9 Å². The van der Waals surface area contributed by atoms with Gasteiger partial charge in [0.15, 0.2) is 0 Å². The molecule has 82 valence electrons. The maximum Gasteiger partial charge on any atom is 0.137 e. The van der Waals surface area contributed by atoms with E-state index in [-0.39, 0.29) is 0 Å². The normalized spacial score (nSPS) is 15.2. The minimum absolute atomic E-state index is 0.744. The Labute approximate surface area is 94.4 Å². The molecule has 4 nitrogen and oxygen atoms in total. The fourth-order valence-electron chi connectivity index (χ4n) is 1.62. The maximum absolute atomic E-state index is 4.40. The number of rotatable bonds is 4. The van der Waals surface area contributed by atoms with E-state index >= 15 is 0 Å². The molecule has 16 heavy (non-hydrogen) atoms. The molecular formula is C12H14N4. The first kappa shape index (κ1) is 9.54. The molecule has 0 aromatic carbocycles. The summed E-state index contributed by atoms with van der Waals surface area (Å²) in [5.41, 5.74) is 1.23. The third-order valence-electron chi connectivity index (χ3n) is 2.75. The number of nitrogens with one attached hydrogen (secondary N) is 1. The Morgan fingerprint density at radius 2 is 2.31 bits per heavy atom. The summed E-state index contributed by atoms with van der Waals surface area (Å²) in [7, 11) is 0. The first-order valence-electron chi connectivity index (χ1n) is 5.58. The average Bonchev–Trinajstić information content (AvgIpc) is 3.00. The van der Waals surface area contributed by atoms with Crippen molar-refractivity contribution < 1.29 is 0 Å². The second-order valence-corrected chi connectivity index (χ2v) is 4.15. The van der Waals surface area contributed by atoms with Crippen LogP contribution in [-0.2, 0) is 6.54 Å². The smallest absolute Gasteiger partial charge is 0.137 e. The van der Waals surface area contributed by atoms with E-state index in [9.17, 15) is 0 Å². The van der Waals surface area contributed by atoms with Crippen molar-refractivity contribution in [3.8, 4) is 5.82 Å². The predicted molar refractivity (Wildman–Crippen MR) is 61.2 cm³/mol. The van der Waals surface area contributed by atoms with Gasteiger partial charge in [0, 0.05) is 31.2 Å². The number of hydrogen-bond acceptors (Lipinski definition) is 3. The summed E-state index contributed by atoms with van der Waals surface area (Å²) in [5, 5.41) is 3.47. The highest BCUT2D eigenvalue weighted by atomic mass is 15.1. The van der Waals surface area contributed by atoms with Gasteiger partial charge in [-0.15, -0.1) is 0 Å². The van der Waals surface area contributed by atoms with Gasteiger partial charge in [0.05, 0.1) is 0 Å². The first-order valence-corrected chi connectivity index (χ1v) is 5.58. The Morgan fingerprint density at radius 3 is 2.94 bits per heavy atom. The number of nitrogens with zero attached hydrogens (tertiary/aromatic N) is 3. The highest BCUT2D eigenvalue weighted by Crippen LogP contribution is 2.19. The van der Waals surface area contributed by atoms with Crippen LogP contribution in [0.4, 0.5) is 0 Å². The summed E-state index contributed by atoms with van der Waals surface area (Å²) in [6, 6.07) is 4.87. The van der Waals surface area contributed by atoms with Crippen LogP contribution >= 0.6 is 0 Å². The van der Waals surface area contributed by atoms with Gasteiger partial charge in [-0.3, -0.25) is 4.57 Å². The Kier molecular flexibility index (Phi) is 2.42. The van der Waals surface area contributed by atoms with Gasteiger partial charge in [-0.25, -0.2) is 9.97 Å². The van der Waals surface area contributed by atoms with E-state index in [0.717, 1.165) is 18.4 Å². The quantitative estimate of drug-likeness (QED) is 0.839. The highest BCUT2D eigenvalue weighted by molar-refractivity contribution is 5.25. The molecule has 1 aliphatic carbocycles. The Bertz CT molecular complexity index is 442. The van der Waals surface area contributed by atoms with Crippen LogP contribution in [0.2, 0.25) is 0 Å². The molecule has 2 aromatic rings. The summed E-state index contributed by atoms with van der Waals surface area (Å²) >= 11 is 0. The van der Waals surface area contributed by atoms with Gasteiger partial charge in [0.2, 0.25) is 0 Å². The van der Waals surface area contributed by atoms with Crippen molar-refractivity contribution >= 4 is 0 Å². The van der Waals surface area contributed by atoms with Crippen LogP contribution in [-0.4, -0.2) is 20.6 Å². The third kappa shape index (κ3) is 2.12. The number of pyridine rings is 1. The zero-order valence-electron chi connectivity index (χ0n) is 9.00. The number of hydrogen-bond donors (Lipinski definition) is 1. The molecule has 0 aliphatic heterocycles. The minimum atomic E-state index is 0.744. The van der Waals surface area contributed by atoms with Gasteiger partial charge >= 0.3 is 0 Å². The molecule has 0 atom stereocenters. The van der Waals surface area contributed by atoms with E-state index < -0.39 is 0 Å². The molecule has 0 bridgehead atoms. The van der Waals surface area contributed by atoms with E-state index in [2.05, 4.69) is 21.4 Å². The molecule has 3 rings (SSSR count). The number of imidazole rings is 1. The SMILES string of the molecule is c1cn(-c2ccc(CNC3CC3)cn2)cn1. The van der Waals surface area contributed by atoms with Crippen LogP contribution in [0.1, 0.15) is 18.4 Å². The molecule has 0 radical (unpaired) electrons. The Hall–Kier alpha value is -1.68.